The first-order valence-electron chi connectivity index (χ1n) is 6.68. The topological polar surface area (TPSA) is 72.9 Å². The van der Waals surface area contributed by atoms with Crippen molar-refractivity contribution in [2.45, 2.75) is 39.7 Å². The van der Waals surface area contributed by atoms with Gasteiger partial charge in [-0.05, 0) is 31.7 Å². The van der Waals surface area contributed by atoms with Gasteiger partial charge in [-0.2, -0.15) is 0 Å². The monoisotopic (exact) mass is 252 g/mol. The highest BCUT2D eigenvalue weighted by atomic mass is 16.1. The van der Waals surface area contributed by atoms with Gasteiger partial charge in [0.05, 0.1) is 0 Å². The van der Waals surface area contributed by atoms with Gasteiger partial charge in [0.2, 0.25) is 0 Å². The van der Waals surface area contributed by atoms with Gasteiger partial charge in [0, 0.05) is 25.5 Å². The highest BCUT2D eigenvalue weighted by Crippen LogP contribution is 2.03. The number of nitrogens with zero attached hydrogens (tertiary/aromatic N) is 2. The van der Waals surface area contributed by atoms with E-state index in [1.807, 2.05) is 6.92 Å². The van der Waals surface area contributed by atoms with Crippen LogP contribution in [0, 0.1) is 5.92 Å². The van der Waals surface area contributed by atoms with Crippen molar-refractivity contribution in [2.75, 3.05) is 18.4 Å². The first kappa shape index (κ1) is 14.7. The van der Waals surface area contributed by atoms with Gasteiger partial charge in [-0.25, -0.2) is 4.98 Å². The molecule has 0 aliphatic rings. The quantitative estimate of drug-likeness (QED) is 0.687. The summed E-state index contributed by atoms with van der Waals surface area (Å²) >= 11 is 0. The predicted molar refractivity (Wildman–Crippen MR) is 74.7 cm³/mol. The number of nitrogens with one attached hydrogen (secondary N) is 1. The van der Waals surface area contributed by atoms with E-state index in [-0.39, 0.29) is 5.56 Å². The summed E-state index contributed by atoms with van der Waals surface area (Å²) in [5.74, 6) is 0.985. The molecule has 0 spiro atoms. The van der Waals surface area contributed by atoms with Crippen LogP contribution in [0.5, 0.6) is 0 Å². The standard InChI is InChI=1S/C13H24N4O/c1-3-8-17-9-7-16-12(13(17)18)15-6-4-5-11(2)10-14/h7,9,11H,3-6,8,10,14H2,1-2H3,(H,15,16). The number of anilines is 1. The summed E-state index contributed by atoms with van der Waals surface area (Å²) in [6.45, 7) is 6.40. The summed E-state index contributed by atoms with van der Waals surface area (Å²) in [7, 11) is 0. The molecule has 1 rings (SSSR count). The third-order valence-electron chi connectivity index (χ3n) is 2.95. The third kappa shape index (κ3) is 4.49. The van der Waals surface area contributed by atoms with Crippen LogP contribution in [0.15, 0.2) is 17.2 Å². The van der Waals surface area contributed by atoms with Crippen LogP contribution in [0.4, 0.5) is 5.82 Å². The molecule has 18 heavy (non-hydrogen) atoms. The van der Waals surface area contributed by atoms with Crippen LogP contribution in [-0.4, -0.2) is 22.6 Å². The molecular weight excluding hydrogens is 228 g/mol. The Labute approximate surface area is 108 Å². The van der Waals surface area contributed by atoms with E-state index in [4.69, 9.17) is 5.73 Å². The minimum absolute atomic E-state index is 0.0359. The molecule has 1 heterocycles. The minimum Gasteiger partial charge on any atom is -0.365 e. The van der Waals surface area contributed by atoms with Gasteiger partial charge in [-0.3, -0.25) is 4.79 Å². The zero-order valence-corrected chi connectivity index (χ0v) is 11.4. The fraction of sp³-hybridized carbons (Fsp3) is 0.692. The van der Waals surface area contributed by atoms with Crippen LogP contribution in [0.25, 0.3) is 0 Å². The van der Waals surface area contributed by atoms with Crippen LogP contribution in [0.1, 0.15) is 33.1 Å². The Bertz CT molecular complexity index is 402. The second-order valence-corrected chi connectivity index (χ2v) is 4.68. The average Bonchev–Trinajstić information content (AvgIpc) is 2.38. The first-order chi connectivity index (χ1) is 8.69. The van der Waals surface area contributed by atoms with Crippen molar-refractivity contribution >= 4 is 5.82 Å². The van der Waals surface area contributed by atoms with Gasteiger partial charge in [0.1, 0.15) is 0 Å². The molecular formula is C13H24N4O. The number of rotatable bonds is 8. The maximum atomic E-state index is 12.0. The highest BCUT2D eigenvalue weighted by Gasteiger charge is 2.04. The molecule has 5 heteroatoms. The Morgan fingerprint density at radius 3 is 3.00 bits per heavy atom. The van der Waals surface area contributed by atoms with Crippen LogP contribution in [-0.2, 0) is 6.54 Å². The predicted octanol–water partition coefficient (Wildman–Crippen LogP) is 1.44. The minimum atomic E-state index is -0.0359. The maximum Gasteiger partial charge on any atom is 0.293 e. The van der Waals surface area contributed by atoms with Crippen molar-refractivity contribution in [1.82, 2.24) is 9.55 Å². The molecule has 0 saturated heterocycles. The summed E-state index contributed by atoms with van der Waals surface area (Å²) in [4.78, 5) is 16.0. The first-order valence-corrected chi connectivity index (χ1v) is 6.68. The zero-order valence-electron chi connectivity index (χ0n) is 11.4. The van der Waals surface area contributed by atoms with Crippen molar-refractivity contribution in [2.24, 2.45) is 11.7 Å². The lowest BCUT2D eigenvalue weighted by atomic mass is 10.1. The molecule has 3 N–H and O–H groups in total. The largest absolute Gasteiger partial charge is 0.365 e. The summed E-state index contributed by atoms with van der Waals surface area (Å²) < 4.78 is 1.69. The smallest absolute Gasteiger partial charge is 0.293 e. The van der Waals surface area contributed by atoms with Crippen LogP contribution in [0.2, 0.25) is 0 Å². The molecule has 0 bridgehead atoms. The van der Waals surface area contributed by atoms with E-state index in [2.05, 4.69) is 17.2 Å². The van der Waals surface area contributed by atoms with E-state index in [1.54, 1.807) is 17.0 Å². The van der Waals surface area contributed by atoms with Crippen LogP contribution < -0.4 is 16.6 Å². The van der Waals surface area contributed by atoms with Crippen LogP contribution in [0.3, 0.4) is 0 Å². The number of aromatic nitrogens is 2. The lowest BCUT2D eigenvalue weighted by Crippen LogP contribution is -2.24. The Kier molecular flexibility index (Phi) is 6.43. The molecule has 0 saturated carbocycles. The SMILES string of the molecule is CCCn1ccnc(NCCCC(C)CN)c1=O. The second kappa shape index (κ2) is 7.87. The Morgan fingerprint density at radius 1 is 1.56 bits per heavy atom. The molecule has 1 unspecified atom stereocenters. The highest BCUT2D eigenvalue weighted by molar-refractivity contribution is 5.30. The molecule has 0 aliphatic carbocycles. The molecule has 0 amide bonds. The van der Waals surface area contributed by atoms with Gasteiger partial charge in [0.15, 0.2) is 5.82 Å². The second-order valence-electron chi connectivity index (χ2n) is 4.68. The summed E-state index contributed by atoms with van der Waals surface area (Å²) in [6, 6.07) is 0. The Hall–Kier alpha value is -1.36. The van der Waals surface area contributed by atoms with Gasteiger partial charge >= 0.3 is 0 Å². The van der Waals surface area contributed by atoms with E-state index in [0.29, 0.717) is 18.3 Å². The van der Waals surface area contributed by atoms with E-state index in [9.17, 15) is 4.79 Å². The normalized spacial score (nSPS) is 12.4. The van der Waals surface area contributed by atoms with Crippen molar-refractivity contribution in [3.63, 3.8) is 0 Å². The van der Waals surface area contributed by atoms with E-state index < -0.39 is 0 Å². The fourth-order valence-electron chi connectivity index (χ4n) is 1.76. The van der Waals surface area contributed by atoms with Gasteiger partial charge in [-0.1, -0.05) is 13.8 Å². The van der Waals surface area contributed by atoms with Crippen molar-refractivity contribution in [3.8, 4) is 0 Å². The summed E-state index contributed by atoms with van der Waals surface area (Å²) in [5.41, 5.74) is 5.52. The zero-order chi connectivity index (χ0) is 13.4. The van der Waals surface area contributed by atoms with E-state index >= 15 is 0 Å². The Morgan fingerprint density at radius 2 is 2.33 bits per heavy atom. The van der Waals surface area contributed by atoms with Crippen LogP contribution >= 0.6 is 0 Å². The molecule has 0 aliphatic heterocycles. The lowest BCUT2D eigenvalue weighted by molar-refractivity contribution is 0.529. The lowest BCUT2D eigenvalue weighted by Gasteiger charge is -2.10. The summed E-state index contributed by atoms with van der Waals surface area (Å²) in [5, 5.41) is 3.11. The molecule has 0 aromatic carbocycles. The molecule has 0 fully saturated rings. The molecule has 1 aromatic rings. The fourth-order valence-corrected chi connectivity index (χ4v) is 1.76. The number of hydrogen-bond acceptors (Lipinski definition) is 4. The van der Waals surface area contributed by atoms with Gasteiger partial charge < -0.3 is 15.6 Å². The number of nitrogens with two attached hydrogens (primary N) is 1. The van der Waals surface area contributed by atoms with Crippen molar-refractivity contribution in [1.29, 1.82) is 0 Å². The molecule has 5 nitrogen and oxygen atoms in total. The molecule has 1 aromatic heterocycles. The summed E-state index contributed by atoms with van der Waals surface area (Å²) in [6.07, 6.45) is 6.41. The Balaban J connectivity index is 2.47. The molecule has 0 radical (unpaired) electrons. The van der Waals surface area contributed by atoms with Crippen molar-refractivity contribution in [3.05, 3.63) is 22.7 Å². The van der Waals surface area contributed by atoms with Gasteiger partial charge in [-0.15, -0.1) is 0 Å². The molecule has 1 atom stereocenters. The number of hydrogen-bond donors (Lipinski definition) is 2. The maximum absolute atomic E-state index is 12.0. The van der Waals surface area contributed by atoms with Gasteiger partial charge in [0.25, 0.3) is 5.56 Å². The average molecular weight is 252 g/mol. The number of aryl methyl sites for hydroxylation is 1. The third-order valence-corrected chi connectivity index (χ3v) is 2.95. The van der Waals surface area contributed by atoms with Crippen molar-refractivity contribution < 1.29 is 0 Å². The van der Waals surface area contributed by atoms with E-state index in [1.165, 1.54) is 0 Å². The molecule has 102 valence electrons. The van der Waals surface area contributed by atoms with E-state index in [0.717, 1.165) is 32.4 Å².